The monoisotopic (exact) mass is 482 g/mol. The van der Waals surface area contributed by atoms with Crippen molar-refractivity contribution in [1.29, 1.82) is 0 Å². The molecule has 0 saturated carbocycles. The van der Waals surface area contributed by atoms with E-state index in [1.165, 1.54) is 55.3 Å². The van der Waals surface area contributed by atoms with Gasteiger partial charge in [0.25, 0.3) is 0 Å². The van der Waals surface area contributed by atoms with Gasteiger partial charge in [-0.3, -0.25) is 4.57 Å². The van der Waals surface area contributed by atoms with Gasteiger partial charge < -0.3 is 14.2 Å². The SMILES string of the molecule is COCc1cc(COP(C)(=O)O)cc(C2=c3cccc4c3c(c3cccc5cccc4c53)CC2)c1. The van der Waals surface area contributed by atoms with Crippen LogP contribution in [0.4, 0.5) is 0 Å². The largest absolute Gasteiger partial charge is 0.380 e. The lowest BCUT2D eigenvalue weighted by Crippen LogP contribution is -2.16. The van der Waals surface area contributed by atoms with Crippen molar-refractivity contribution in [3.05, 3.63) is 100 Å². The van der Waals surface area contributed by atoms with E-state index in [1.54, 1.807) is 7.11 Å². The molecule has 1 aliphatic carbocycles. The van der Waals surface area contributed by atoms with Crippen LogP contribution >= 0.6 is 7.60 Å². The molecule has 5 aromatic carbocycles. The summed E-state index contributed by atoms with van der Waals surface area (Å²) in [6, 6.07) is 26.1. The summed E-state index contributed by atoms with van der Waals surface area (Å²) in [4.78, 5) is 9.64. The average molecular weight is 483 g/mol. The summed E-state index contributed by atoms with van der Waals surface area (Å²) in [5, 5.41) is 9.18. The Morgan fingerprint density at radius 1 is 0.829 bits per heavy atom. The fourth-order valence-corrected chi connectivity index (χ4v) is 6.10. The maximum Gasteiger partial charge on any atom is 0.325 e. The lowest BCUT2D eigenvalue weighted by molar-refractivity contribution is 0.184. The fraction of sp³-hybridized carbons (Fsp3) is 0.200. The summed E-state index contributed by atoms with van der Waals surface area (Å²) in [5.41, 5.74) is 5.72. The first kappa shape index (κ1) is 22.5. The molecule has 0 amide bonds. The molecule has 176 valence electrons. The Morgan fingerprint density at radius 2 is 1.49 bits per heavy atom. The van der Waals surface area contributed by atoms with Gasteiger partial charge in [0.1, 0.15) is 0 Å². The molecule has 5 heteroatoms. The van der Waals surface area contributed by atoms with Crippen molar-refractivity contribution < 1.29 is 18.7 Å². The zero-order valence-corrected chi connectivity index (χ0v) is 20.8. The van der Waals surface area contributed by atoms with Gasteiger partial charge in [-0.05, 0) is 90.3 Å². The number of benzene rings is 5. The number of hydrogen-bond acceptors (Lipinski definition) is 3. The van der Waals surface area contributed by atoms with Crippen LogP contribution in [0.3, 0.4) is 0 Å². The topological polar surface area (TPSA) is 55.8 Å². The van der Waals surface area contributed by atoms with Crippen LogP contribution in [0.2, 0.25) is 0 Å². The van der Waals surface area contributed by atoms with Crippen LogP contribution in [0.1, 0.15) is 28.7 Å². The van der Waals surface area contributed by atoms with Crippen molar-refractivity contribution in [3.63, 3.8) is 0 Å². The molecule has 1 atom stereocenters. The van der Waals surface area contributed by atoms with Crippen molar-refractivity contribution in [2.45, 2.75) is 26.1 Å². The molecule has 0 radical (unpaired) electrons. The highest BCUT2D eigenvalue weighted by Gasteiger charge is 2.20. The molecule has 0 saturated heterocycles. The van der Waals surface area contributed by atoms with Crippen molar-refractivity contribution in [2.24, 2.45) is 0 Å². The predicted octanol–water partition coefficient (Wildman–Crippen LogP) is 6.49. The van der Waals surface area contributed by atoms with Gasteiger partial charge in [-0.2, -0.15) is 0 Å². The third-order valence-corrected chi connectivity index (χ3v) is 7.63. The molecule has 0 aliphatic heterocycles. The fourth-order valence-electron chi connectivity index (χ4n) is 5.71. The standard InChI is InChI=1S/C30H27O4P/c1-33-17-19-14-20(18-34-35(2,31)32)16-22(15-19)23-12-13-28-26-9-4-7-21-6-3-8-25(29(21)26)27-11-5-10-24(23)30(27)28/h3-11,14-16H,12-13,17-18H2,1-2H3,(H,31,32). The zero-order chi connectivity index (χ0) is 24.2. The van der Waals surface area contributed by atoms with Gasteiger partial charge in [-0.25, -0.2) is 0 Å². The molecular formula is C30H27O4P. The Kier molecular flexibility index (Phi) is 5.51. The van der Waals surface area contributed by atoms with E-state index in [0.29, 0.717) is 6.61 Å². The predicted molar refractivity (Wildman–Crippen MR) is 143 cm³/mol. The Bertz CT molecular complexity index is 1710. The molecule has 0 spiro atoms. The van der Waals surface area contributed by atoms with Crippen molar-refractivity contribution >= 4 is 45.5 Å². The van der Waals surface area contributed by atoms with E-state index >= 15 is 0 Å². The van der Waals surface area contributed by atoms with Crippen molar-refractivity contribution in [1.82, 2.24) is 0 Å². The van der Waals surface area contributed by atoms with Crippen molar-refractivity contribution in [2.75, 3.05) is 13.8 Å². The van der Waals surface area contributed by atoms with E-state index in [2.05, 4.69) is 66.7 Å². The quantitative estimate of drug-likeness (QED) is 0.171. The molecule has 6 rings (SSSR count). The number of aryl methyl sites for hydroxylation is 1. The second-order valence-electron chi connectivity index (χ2n) is 9.44. The maximum absolute atomic E-state index is 11.7. The number of fused-ring (bicyclic) bond motifs is 2. The van der Waals surface area contributed by atoms with Gasteiger partial charge in [0.2, 0.25) is 0 Å². The highest BCUT2D eigenvalue weighted by atomic mass is 31.2. The molecule has 1 aliphatic rings. The van der Waals surface area contributed by atoms with Crippen LogP contribution < -0.4 is 5.22 Å². The molecule has 5 aromatic rings. The summed E-state index contributed by atoms with van der Waals surface area (Å²) in [7, 11) is -1.89. The minimum absolute atomic E-state index is 0.0851. The summed E-state index contributed by atoms with van der Waals surface area (Å²) in [6.07, 6.45) is 1.89. The molecule has 1 N–H and O–H groups in total. The van der Waals surface area contributed by atoms with Crippen LogP contribution in [-0.2, 0) is 33.5 Å². The number of methoxy groups -OCH3 is 1. The molecule has 35 heavy (non-hydrogen) atoms. The number of rotatable bonds is 6. The molecule has 0 fully saturated rings. The Labute approximate surface area is 204 Å². The maximum atomic E-state index is 11.7. The minimum Gasteiger partial charge on any atom is -0.380 e. The third kappa shape index (κ3) is 3.97. The van der Waals surface area contributed by atoms with Gasteiger partial charge in [0.05, 0.1) is 13.2 Å². The zero-order valence-electron chi connectivity index (χ0n) is 19.9. The normalized spacial score (nSPS) is 15.2. The molecule has 4 nitrogen and oxygen atoms in total. The Morgan fingerprint density at radius 3 is 2.20 bits per heavy atom. The van der Waals surface area contributed by atoms with Gasteiger partial charge in [-0.1, -0.05) is 60.7 Å². The lowest BCUT2D eigenvalue weighted by atomic mass is 9.81. The first-order valence-electron chi connectivity index (χ1n) is 11.9. The van der Waals surface area contributed by atoms with Crippen LogP contribution in [0.15, 0.2) is 72.8 Å². The van der Waals surface area contributed by atoms with Gasteiger partial charge in [-0.15, -0.1) is 0 Å². The van der Waals surface area contributed by atoms with Gasteiger partial charge >= 0.3 is 7.60 Å². The van der Waals surface area contributed by atoms with Crippen LogP contribution in [0.25, 0.3) is 37.9 Å². The summed E-state index contributed by atoms with van der Waals surface area (Å²) in [6.45, 7) is 1.77. The van der Waals surface area contributed by atoms with E-state index in [4.69, 9.17) is 9.26 Å². The molecule has 0 heterocycles. The van der Waals surface area contributed by atoms with E-state index in [-0.39, 0.29) is 6.61 Å². The summed E-state index contributed by atoms with van der Waals surface area (Å²) >= 11 is 0. The first-order valence-corrected chi connectivity index (χ1v) is 13.9. The van der Waals surface area contributed by atoms with E-state index in [9.17, 15) is 9.46 Å². The highest BCUT2D eigenvalue weighted by molar-refractivity contribution is 7.51. The van der Waals surface area contributed by atoms with E-state index in [1.807, 2.05) is 6.07 Å². The number of hydrogen-bond donors (Lipinski definition) is 1. The van der Waals surface area contributed by atoms with Gasteiger partial charge in [0.15, 0.2) is 0 Å². The summed E-state index contributed by atoms with van der Waals surface area (Å²) in [5.74, 6) is 0. The average Bonchev–Trinajstić information content (AvgIpc) is 2.85. The van der Waals surface area contributed by atoms with Crippen molar-refractivity contribution in [3.8, 4) is 0 Å². The van der Waals surface area contributed by atoms with Crippen LogP contribution in [0, 0.1) is 0 Å². The van der Waals surface area contributed by atoms with E-state index in [0.717, 1.165) is 29.5 Å². The molecule has 0 aromatic heterocycles. The van der Waals surface area contributed by atoms with E-state index < -0.39 is 7.60 Å². The Hall–Kier alpha value is -3.01. The smallest absolute Gasteiger partial charge is 0.325 e. The number of ether oxygens (including phenoxy) is 1. The minimum atomic E-state index is -3.57. The Balaban J connectivity index is 1.64. The highest BCUT2D eigenvalue weighted by Crippen LogP contribution is 2.40. The second-order valence-corrected chi connectivity index (χ2v) is 11.3. The molecule has 1 unspecified atom stereocenters. The van der Waals surface area contributed by atoms with Crippen LogP contribution in [0.5, 0.6) is 0 Å². The first-order chi connectivity index (χ1) is 16.9. The van der Waals surface area contributed by atoms with Gasteiger partial charge in [0, 0.05) is 13.8 Å². The van der Waals surface area contributed by atoms with Crippen LogP contribution in [-0.4, -0.2) is 18.7 Å². The third-order valence-electron chi connectivity index (χ3n) is 7.02. The lowest BCUT2D eigenvalue weighted by Gasteiger charge is -2.22. The molecular weight excluding hydrogens is 455 g/mol. The summed E-state index contributed by atoms with van der Waals surface area (Å²) < 4.78 is 22.4. The second kappa shape index (κ2) is 8.58. The molecule has 0 bridgehead atoms.